The van der Waals surface area contributed by atoms with E-state index in [9.17, 15) is 0 Å². The second-order valence-corrected chi connectivity index (χ2v) is 3.32. The van der Waals surface area contributed by atoms with Gasteiger partial charge >= 0.3 is 0 Å². The van der Waals surface area contributed by atoms with Gasteiger partial charge in [0.25, 0.3) is 0 Å². The van der Waals surface area contributed by atoms with E-state index >= 15 is 0 Å². The first kappa shape index (κ1) is 9.24. The van der Waals surface area contributed by atoms with Crippen molar-refractivity contribution in [3.8, 4) is 0 Å². The number of H-pyrrole nitrogens is 1. The summed E-state index contributed by atoms with van der Waals surface area (Å²) in [6.45, 7) is 2.41. The lowest BCUT2D eigenvalue weighted by Gasteiger charge is -2.04. The number of aromatic amines is 1. The number of hydrogen-bond acceptors (Lipinski definition) is 2. The lowest BCUT2D eigenvalue weighted by atomic mass is 10.1. The molecule has 0 aliphatic rings. The number of hydrogen-bond donors (Lipinski definition) is 3. The van der Waals surface area contributed by atoms with Gasteiger partial charge in [0.05, 0.1) is 0 Å². The van der Waals surface area contributed by atoms with E-state index in [1.807, 2.05) is 6.20 Å². The van der Waals surface area contributed by atoms with Crippen LogP contribution in [0.15, 0.2) is 30.5 Å². The average molecular weight is 189 g/mol. The Morgan fingerprint density at radius 3 is 3.07 bits per heavy atom. The molecule has 3 heteroatoms. The first-order chi connectivity index (χ1) is 6.92. The summed E-state index contributed by atoms with van der Waals surface area (Å²) in [5.41, 5.74) is 7.93. The fourth-order valence-electron chi connectivity index (χ4n) is 1.62. The van der Waals surface area contributed by atoms with Crippen molar-refractivity contribution in [1.29, 1.82) is 0 Å². The van der Waals surface area contributed by atoms with Gasteiger partial charge in [0.15, 0.2) is 0 Å². The van der Waals surface area contributed by atoms with Crippen molar-refractivity contribution >= 4 is 10.9 Å². The topological polar surface area (TPSA) is 53.8 Å². The van der Waals surface area contributed by atoms with Crippen LogP contribution in [0.5, 0.6) is 0 Å². The minimum Gasteiger partial charge on any atom is -0.361 e. The maximum Gasteiger partial charge on any atom is 0.0499 e. The molecule has 3 nitrogen and oxygen atoms in total. The van der Waals surface area contributed by atoms with E-state index in [2.05, 4.69) is 34.6 Å². The summed E-state index contributed by atoms with van der Waals surface area (Å²) in [4.78, 5) is 3.24. The Labute approximate surface area is 83.3 Å². The van der Waals surface area contributed by atoms with E-state index in [4.69, 9.17) is 5.73 Å². The van der Waals surface area contributed by atoms with Crippen LogP contribution in [0, 0.1) is 0 Å². The molecule has 0 radical (unpaired) electrons. The molecule has 4 N–H and O–H groups in total. The summed E-state index contributed by atoms with van der Waals surface area (Å²) in [7, 11) is 0. The van der Waals surface area contributed by atoms with Gasteiger partial charge in [0.1, 0.15) is 0 Å². The van der Waals surface area contributed by atoms with Crippen molar-refractivity contribution < 1.29 is 0 Å². The van der Waals surface area contributed by atoms with Crippen LogP contribution < -0.4 is 11.1 Å². The zero-order chi connectivity index (χ0) is 9.80. The molecule has 1 heterocycles. The fraction of sp³-hybridized carbons (Fsp3) is 0.273. The van der Waals surface area contributed by atoms with Crippen molar-refractivity contribution in [3.63, 3.8) is 0 Å². The van der Waals surface area contributed by atoms with Crippen LogP contribution in [-0.4, -0.2) is 18.1 Å². The highest BCUT2D eigenvalue weighted by atomic mass is 14.9. The van der Waals surface area contributed by atoms with E-state index in [1.165, 1.54) is 16.5 Å². The maximum absolute atomic E-state index is 5.41. The van der Waals surface area contributed by atoms with Gasteiger partial charge in [-0.15, -0.1) is 0 Å². The molecule has 0 fully saturated rings. The Morgan fingerprint density at radius 1 is 1.29 bits per heavy atom. The van der Waals surface area contributed by atoms with Gasteiger partial charge in [-0.3, -0.25) is 0 Å². The van der Waals surface area contributed by atoms with Crippen molar-refractivity contribution in [2.24, 2.45) is 5.73 Å². The molecule has 0 spiro atoms. The summed E-state index contributed by atoms with van der Waals surface area (Å²) >= 11 is 0. The quantitative estimate of drug-likeness (QED) is 0.633. The molecular formula is C11H15N3. The summed E-state index contributed by atoms with van der Waals surface area (Å²) < 4.78 is 0. The second-order valence-electron chi connectivity index (χ2n) is 3.32. The van der Waals surface area contributed by atoms with Crippen LogP contribution in [0.4, 0.5) is 0 Å². The standard InChI is InChI=1S/C11H15N3/c12-5-7-13-8-10-3-1-2-9-4-6-14-11(9)10/h1-4,6,13-14H,5,7-8,12H2. The van der Waals surface area contributed by atoms with Gasteiger partial charge in [0, 0.05) is 31.3 Å². The number of aromatic nitrogens is 1. The zero-order valence-electron chi connectivity index (χ0n) is 8.09. The normalized spacial score (nSPS) is 10.9. The van der Waals surface area contributed by atoms with Gasteiger partial charge in [0.2, 0.25) is 0 Å². The Hall–Kier alpha value is -1.32. The van der Waals surface area contributed by atoms with E-state index in [0.717, 1.165) is 13.1 Å². The van der Waals surface area contributed by atoms with Gasteiger partial charge in [-0.2, -0.15) is 0 Å². The molecule has 74 valence electrons. The minimum absolute atomic E-state index is 0.681. The van der Waals surface area contributed by atoms with Gasteiger partial charge in [-0.25, -0.2) is 0 Å². The second kappa shape index (κ2) is 4.26. The van der Waals surface area contributed by atoms with Crippen LogP contribution in [-0.2, 0) is 6.54 Å². The molecule has 1 aromatic heterocycles. The van der Waals surface area contributed by atoms with Crippen molar-refractivity contribution in [3.05, 3.63) is 36.0 Å². The highest BCUT2D eigenvalue weighted by Crippen LogP contribution is 2.16. The molecule has 0 aliphatic heterocycles. The van der Waals surface area contributed by atoms with Crippen LogP contribution in [0.1, 0.15) is 5.56 Å². The Bertz CT molecular complexity index is 406. The largest absolute Gasteiger partial charge is 0.361 e. The van der Waals surface area contributed by atoms with E-state index in [0.29, 0.717) is 6.54 Å². The number of nitrogens with two attached hydrogens (primary N) is 1. The first-order valence-electron chi connectivity index (χ1n) is 4.87. The predicted octanol–water partition coefficient (Wildman–Crippen LogP) is 1.22. The van der Waals surface area contributed by atoms with E-state index in [-0.39, 0.29) is 0 Å². The van der Waals surface area contributed by atoms with Crippen molar-refractivity contribution in [1.82, 2.24) is 10.3 Å². The number of benzene rings is 1. The number of fused-ring (bicyclic) bond motifs is 1. The number of nitrogens with one attached hydrogen (secondary N) is 2. The van der Waals surface area contributed by atoms with Crippen molar-refractivity contribution in [2.45, 2.75) is 6.54 Å². The van der Waals surface area contributed by atoms with Crippen LogP contribution in [0.25, 0.3) is 10.9 Å². The van der Waals surface area contributed by atoms with Gasteiger partial charge in [-0.1, -0.05) is 18.2 Å². The third-order valence-electron chi connectivity index (χ3n) is 2.31. The molecule has 2 rings (SSSR count). The molecule has 0 saturated heterocycles. The Balaban J connectivity index is 2.19. The molecule has 0 unspecified atom stereocenters. The van der Waals surface area contributed by atoms with Gasteiger partial charge in [-0.05, 0) is 17.0 Å². The molecule has 14 heavy (non-hydrogen) atoms. The highest BCUT2D eigenvalue weighted by molar-refractivity contribution is 5.82. The minimum atomic E-state index is 0.681. The predicted molar refractivity (Wildman–Crippen MR) is 59.1 cm³/mol. The molecule has 0 aliphatic carbocycles. The number of para-hydroxylation sites is 1. The smallest absolute Gasteiger partial charge is 0.0499 e. The molecule has 0 atom stereocenters. The Kier molecular flexibility index (Phi) is 2.81. The summed E-state index contributed by atoms with van der Waals surface area (Å²) in [6, 6.07) is 8.40. The lowest BCUT2D eigenvalue weighted by molar-refractivity contribution is 0.697. The third kappa shape index (κ3) is 1.78. The first-order valence-corrected chi connectivity index (χ1v) is 4.87. The van der Waals surface area contributed by atoms with Crippen LogP contribution in [0.2, 0.25) is 0 Å². The highest BCUT2D eigenvalue weighted by Gasteiger charge is 1.99. The summed E-state index contributed by atoms with van der Waals surface area (Å²) in [5, 5.41) is 4.55. The van der Waals surface area contributed by atoms with Crippen LogP contribution >= 0.6 is 0 Å². The molecule has 0 bridgehead atoms. The number of rotatable bonds is 4. The van der Waals surface area contributed by atoms with E-state index < -0.39 is 0 Å². The lowest BCUT2D eigenvalue weighted by Crippen LogP contribution is -2.21. The van der Waals surface area contributed by atoms with Gasteiger partial charge < -0.3 is 16.0 Å². The van der Waals surface area contributed by atoms with Crippen molar-refractivity contribution in [2.75, 3.05) is 13.1 Å². The molecule has 1 aromatic carbocycles. The van der Waals surface area contributed by atoms with E-state index in [1.54, 1.807) is 0 Å². The maximum atomic E-state index is 5.41. The fourth-order valence-corrected chi connectivity index (χ4v) is 1.62. The zero-order valence-corrected chi connectivity index (χ0v) is 8.09. The Morgan fingerprint density at radius 2 is 2.21 bits per heavy atom. The molecular weight excluding hydrogens is 174 g/mol. The summed E-state index contributed by atoms with van der Waals surface area (Å²) in [5.74, 6) is 0. The molecule has 0 amide bonds. The summed E-state index contributed by atoms with van der Waals surface area (Å²) in [6.07, 6.45) is 1.97. The molecule has 0 saturated carbocycles. The average Bonchev–Trinajstić information content (AvgIpc) is 2.67. The third-order valence-corrected chi connectivity index (χ3v) is 2.31. The monoisotopic (exact) mass is 189 g/mol. The van der Waals surface area contributed by atoms with Crippen LogP contribution in [0.3, 0.4) is 0 Å². The molecule has 2 aromatic rings. The SMILES string of the molecule is NCCNCc1cccc2cc[nH]c12.